The number of rotatable bonds is 6. The predicted octanol–water partition coefficient (Wildman–Crippen LogP) is 2.58. The van der Waals surface area contributed by atoms with Crippen LogP contribution in [0, 0.1) is 12.3 Å². The number of amides is 2. The van der Waals surface area contributed by atoms with Crippen LogP contribution in [-0.4, -0.2) is 34.4 Å². The van der Waals surface area contributed by atoms with E-state index in [1.165, 1.54) is 0 Å². The first-order valence-corrected chi connectivity index (χ1v) is 7.46. The monoisotopic (exact) mass is 318 g/mol. The Hall–Kier alpha value is -2.41. The zero-order chi connectivity index (χ0) is 16.9. The summed E-state index contributed by atoms with van der Waals surface area (Å²) in [4.78, 5) is 16.1. The van der Waals surface area contributed by atoms with Crippen molar-refractivity contribution in [1.82, 2.24) is 15.5 Å². The fourth-order valence-electron chi connectivity index (χ4n) is 2.04. The smallest absolute Gasteiger partial charge is 0.319 e. The van der Waals surface area contributed by atoms with Crippen molar-refractivity contribution < 1.29 is 14.4 Å². The Morgan fingerprint density at radius 3 is 2.83 bits per heavy atom. The molecule has 0 atom stereocenters. The summed E-state index contributed by atoms with van der Waals surface area (Å²) >= 11 is 0. The van der Waals surface area contributed by atoms with Crippen molar-refractivity contribution in [2.45, 2.75) is 27.2 Å². The Morgan fingerprint density at radius 2 is 2.17 bits per heavy atom. The molecule has 0 fully saturated rings. The summed E-state index contributed by atoms with van der Waals surface area (Å²) in [7, 11) is 0. The maximum atomic E-state index is 12.0. The third-order valence-corrected chi connectivity index (χ3v) is 3.42. The molecular formula is C16H22N4O3. The largest absolute Gasteiger partial charge is 0.396 e. The lowest BCUT2D eigenvalue weighted by Crippen LogP contribution is -2.37. The average molecular weight is 318 g/mol. The maximum absolute atomic E-state index is 12.0. The van der Waals surface area contributed by atoms with E-state index in [0.717, 1.165) is 5.56 Å². The molecule has 0 saturated heterocycles. The maximum Gasteiger partial charge on any atom is 0.319 e. The normalized spacial score (nSPS) is 11.3. The number of urea groups is 1. The van der Waals surface area contributed by atoms with Crippen LogP contribution >= 0.6 is 0 Å². The number of hydrogen-bond acceptors (Lipinski definition) is 5. The van der Waals surface area contributed by atoms with Gasteiger partial charge in [-0.1, -0.05) is 31.1 Å². The fourth-order valence-corrected chi connectivity index (χ4v) is 2.04. The summed E-state index contributed by atoms with van der Waals surface area (Å²) in [6, 6.07) is 6.93. The highest BCUT2D eigenvalue weighted by atomic mass is 16.5. The van der Waals surface area contributed by atoms with Crippen LogP contribution in [0.3, 0.4) is 0 Å². The Morgan fingerprint density at radius 1 is 1.39 bits per heavy atom. The Balaban J connectivity index is 1.96. The minimum absolute atomic E-state index is 0.0997. The number of aliphatic hydroxyl groups excluding tert-OH is 1. The van der Waals surface area contributed by atoms with Gasteiger partial charge in [0.15, 0.2) is 0 Å². The van der Waals surface area contributed by atoms with Gasteiger partial charge in [0.1, 0.15) is 0 Å². The van der Waals surface area contributed by atoms with Crippen LogP contribution in [0.2, 0.25) is 0 Å². The van der Waals surface area contributed by atoms with E-state index in [-0.39, 0.29) is 18.1 Å². The second-order valence-electron chi connectivity index (χ2n) is 6.16. The van der Waals surface area contributed by atoms with Crippen molar-refractivity contribution in [2.24, 2.45) is 5.41 Å². The molecule has 1 aromatic heterocycles. The highest BCUT2D eigenvalue weighted by Crippen LogP contribution is 2.20. The molecule has 0 aliphatic rings. The quantitative estimate of drug-likeness (QED) is 0.760. The molecule has 1 aromatic carbocycles. The summed E-state index contributed by atoms with van der Waals surface area (Å²) in [6.45, 7) is 6.27. The van der Waals surface area contributed by atoms with Gasteiger partial charge in [0, 0.05) is 31.3 Å². The number of hydrogen-bond donors (Lipinski definition) is 3. The van der Waals surface area contributed by atoms with Gasteiger partial charge < -0.3 is 20.3 Å². The summed E-state index contributed by atoms with van der Waals surface area (Å²) < 4.78 is 4.96. The Kier molecular flexibility index (Phi) is 5.33. The predicted molar refractivity (Wildman–Crippen MR) is 87.0 cm³/mol. The highest BCUT2D eigenvalue weighted by molar-refractivity contribution is 5.89. The van der Waals surface area contributed by atoms with Gasteiger partial charge in [0.2, 0.25) is 11.7 Å². The number of nitrogens with one attached hydrogen (secondary N) is 2. The van der Waals surface area contributed by atoms with Crippen LogP contribution in [0.15, 0.2) is 28.8 Å². The second-order valence-corrected chi connectivity index (χ2v) is 6.16. The number of anilines is 1. The van der Waals surface area contributed by atoms with E-state index in [4.69, 9.17) is 9.63 Å². The van der Waals surface area contributed by atoms with Crippen LogP contribution in [0.4, 0.5) is 10.5 Å². The SMILES string of the molecule is Cc1nc(-c2cccc(NC(=O)NCC(C)(C)CCO)c2)no1. The first-order valence-electron chi connectivity index (χ1n) is 7.46. The molecule has 0 saturated carbocycles. The molecule has 0 bridgehead atoms. The van der Waals surface area contributed by atoms with Gasteiger partial charge in [-0.2, -0.15) is 4.98 Å². The number of benzene rings is 1. The number of carbonyl (C=O) groups is 1. The number of carbonyl (C=O) groups excluding carboxylic acids is 1. The van der Waals surface area contributed by atoms with E-state index < -0.39 is 0 Å². The lowest BCUT2D eigenvalue weighted by molar-refractivity contribution is 0.204. The molecule has 3 N–H and O–H groups in total. The third kappa shape index (κ3) is 5.07. The Bertz CT molecular complexity index is 667. The van der Waals surface area contributed by atoms with E-state index in [1.807, 2.05) is 26.0 Å². The molecule has 2 aromatic rings. The number of aromatic nitrogens is 2. The van der Waals surface area contributed by atoms with E-state index in [2.05, 4.69) is 20.8 Å². The zero-order valence-electron chi connectivity index (χ0n) is 13.6. The molecular weight excluding hydrogens is 296 g/mol. The lowest BCUT2D eigenvalue weighted by atomic mass is 9.90. The lowest BCUT2D eigenvalue weighted by Gasteiger charge is -2.23. The highest BCUT2D eigenvalue weighted by Gasteiger charge is 2.18. The van der Waals surface area contributed by atoms with Crippen LogP contribution in [0.1, 0.15) is 26.2 Å². The standard InChI is InChI=1S/C16H22N4O3/c1-11-18-14(20-23-11)12-5-4-6-13(9-12)19-15(22)17-10-16(2,3)7-8-21/h4-6,9,21H,7-8,10H2,1-3H3,(H2,17,19,22). The molecule has 124 valence electrons. The van der Waals surface area contributed by atoms with E-state index in [1.54, 1.807) is 19.1 Å². The van der Waals surface area contributed by atoms with Crippen molar-refractivity contribution >= 4 is 11.7 Å². The average Bonchev–Trinajstić information content (AvgIpc) is 2.92. The van der Waals surface area contributed by atoms with Crippen LogP contribution in [-0.2, 0) is 0 Å². The van der Waals surface area contributed by atoms with Gasteiger partial charge in [-0.25, -0.2) is 4.79 Å². The van der Waals surface area contributed by atoms with Crippen molar-refractivity contribution in [1.29, 1.82) is 0 Å². The molecule has 0 unspecified atom stereocenters. The summed E-state index contributed by atoms with van der Waals surface area (Å²) in [5, 5.41) is 18.4. The topological polar surface area (TPSA) is 100 Å². The molecule has 2 amide bonds. The van der Waals surface area contributed by atoms with Gasteiger partial charge in [-0.3, -0.25) is 0 Å². The van der Waals surface area contributed by atoms with E-state index in [0.29, 0.717) is 30.4 Å². The molecule has 23 heavy (non-hydrogen) atoms. The fraction of sp³-hybridized carbons (Fsp3) is 0.438. The molecule has 2 rings (SSSR count). The number of aryl methyl sites for hydroxylation is 1. The molecule has 7 nitrogen and oxygen atoms in total. The van der Waals surface area contributed by atoms with Crippen LogP contribution < -0.4 is 10.6 Å². The third-order valence-electron chi connectivity index (χ3n) is 3.42. The van der Waals surface area contributed by atoms with Crippen molar-refractivity contribution in [3.63, 3.8) is 0 Å². The van der Waals surface area contributed by atoms with Gasteiger partial charge in [-0.05, 0) is 24.0 Å². The molecule has 0 aliphatic heterocycles. The van der Waals surface area contributed by atoms with E-state index >= 15 is 0 Å². The molecule has 0 radical (unpaired) electrons. The first kappa shape index (κ1) is 17.0. The second kappa shape index (κ2) is 7.23. The van der Waals surface area contributed by atoms with Crippen molar-refractivity contribution in [3.05, 3.63) is 30.2 Å². The minimum Gasteiger partial charge on any atom is -0.396 e. The van der Waals surface area contributed by atoms with Gasteiger partial charge in [-0.15, -0.1) is 0 Å². The number of aliphatic hydroxyl groups is 1. The van der Waals surface area contributed by atoms with Crippen molar-refractivity contribution in [2.75, 3.05) is 18.5 Å². The summed E-state index contributed by atoms with van der Waals surface area (Å²) in [6.07, 6.45) is 0.625. The molecule has 0 aliphatic carbocycles. The number of nitrogens with zero attached hydrogens (tertiary/aromatic N) is 2. The first-order chi connectivity index (χ1) is 10.9. The summed E-state index contributed by atoms with van der Waals surface area (Å²) in [5.74, 6) is 0.970. The van der Waals surface area contributed by atoms with Crippen molar-refractivity contribution in [3.8, 4) is 11.4 Å². The van der Waals surface area contributed by atoms with Gasteiger partial charge in [0.05, 0.1) is 0 Å². The van der Waals surface area contributed by atoms with E-state index in [9.17, 15) is 4.79 Å². The minimum atomic E-state index is -0.294. The van der Waals surface area contributed by atoms with Crippen LogP contribution in [0.25, 0.3) is 11.4 Å². The molecule has 0 spiro atoms. The summed E-state index contributed by atoms with van der Waals surface area (Å²) in [5.41, 5.74) is 1.25. The Labute approximate surface area is 135 Å². The van der Waals surface area contributed by atoms with Crippen LogP contribution in [0.5, 0.6) is 0 Å². The zero-order valence-corrected chi connectivity index (χ0v) is 13.6. The van der Waals surface area contributed by atoms with Gasteiger partial charge in [0.25, 0.3) is 0 Å². The molecule has 1 heterocycles. The molecule has 7 heteroatoms. The van der Waals surface area contributed by atoms with Gasteiger partial charge >= 0.3 is 6.03 Å².